The maximum Gasteiger partial charge on any atom is 0.239 e. The van der Waals surface area contributed by atoms with Crippen LogP contribution in [0.5, 0.6) is 0 Å². The lowest BCUT2D eigenvalue weighted by atomic mass is 10.2. The maximum absolute atomic E-state index is 11.4. The largest absolute Gasteiger partial charge is 0.368 e. The lowest BCUT2D eigenvalue weighted by Gasteiger charge is -2.22. The molecule has 0 radical (unpaired) electrons. The number of carbonyl (C=O) groups is 2. The molecule has 1 aliphatic rings. The van der Waals surface area contributed by atoms with Crippen LogP contribution in [0.25, 0.3) is 0 Å². The fraction of sp³-hybridized carbons (Fsp3) is 0.800. The quantitative estimate of drug-likeness (QED) is 0.607. The third-order valence-corrected chi connectivity index (χ3v) is 3.91. The molecular formula is C10H19N3O2S. The number of hydrogen-bond acceptors (Lipinski definition) is 4. The summed E-state index contributed by atoms with van der Waals surface area (Å²) in [4.78, 5) is 22.2. The van der Waals surface area contributed by atoms with Crippen LogP contribution in [0, 0.1) is 0 Å². The number of hydrogen-bond donors (Lipinski definition) is 3. The highest BCUT2D eigenvalue weighted by Crippen LogP contribution is 2.19. The molecule has 1 heterocycles. The first-order chi connectivity index (χ1) is 7.59. The van der Waals surface area contributed by atoms with Crippen LogP contribution in [0.1, 0.15) is 19.8 Å². The summed E-state index contributed by atoms with van der Waals surface area (Å²) in [5, 5.41) is 6.40. The average molecular weight is 245 g/mol. The Morgan fingerprint density at radius 2 is 2.12 bits per heavy atom. The van der Waals surface area contributed by atoms with Crippen LogP contribution in [-0.2, 0) is 9.59 Å². The molecule has 0 saturated carbocycles. The molecule has 1 atom stereocenters. The molecule has 0 aromatic rings. The Kier molecular flexibility index (Phi) is 5.62. The van der Waals surface area contributed by atoms with E-state index in [-0.39, 0.29) is 5.91 Å². The van der Waals surface area contributed by atoms with E-state index >= 15 is 0 Å². The summed E-state index contributed by atoms with van der Waals surface area (Å²) >= 11 is 1.66. The lowest BCUT2D eigenvalue weighted by Crippen LogP contribution is -2.43. The molecule has 1 unspecified atom stereocenters. The van der Waals surface area contributed by atoms with Crippen molar-refractivity contribution in [1.29, 1.82) is 0 Å². The molecule has 1 aliphatic heterocycles. The van der Waals surface area contributed by atoms with Crippen molar-refractivity contribution in [2.24, 2.45) is 5.73 Å². The number of piperidine rings is 1. The molecule has 1 fully saturated rings. The van der Waals surface area contributed by atoms with Gasteiger partial charge in [0.05, 0.1) is 5.75 Å². The third-order valence-electron chi connectivity index (χ3n) is 2.54. The topological polar surface area (TPSA) is 84.2 Å². The summed E-state index contributed by atoms with van der Waals surface area (Å²) < 4.78 is 0. The minimum Gasteiger partial charge on any atom is -0.368 e. The molecule has 1 saturated heterocycles. The number of nitrogens with two attached hydrogens (primary N) is 1. The highest BCUT2D eigenvalue weighted by Gasteiger charge is 2.16. The molecule has 0 aromatic carbocycles. The van der Waals surface area contributed by atoms with Crippen LogP contribution >= 0.6 is 11.8 Å². The Hall–Kier alpha value is -0.750. The van der Waals surface area contributed by atoms with Gasteiger partial charge in [-0.3, -0.25) is 9.59 Å². The van der Waals surface area contributed by atoms with E-state index < -0.39 is 11.9 Å². The van der Waals surface area contributed by atoms with E-state index in [2.05, 4.69) is 10.6 Å². The second kappa shape index (κ2) is 6.75. The van der Waals surface area contributed by atoms with Crippen molar-refractivity contribution in [3.8, 4) is 0 Å². The first kappa shape index (κ1) is 13.3. The summed E-state index contributed by atoms with van der Waals surface area (Å²) in [6.07, 6.45) is 2.20. The van der Waals surface area contributed by atoms with Gasteiger partial charge in [0.15, 0.2) is 0 Å². The van der Waals surface area contributed by atoms with Gasteiger partial charge >= 0.3 is 0 Å². The summed E-state index contributed by atoms with van der Waals surface area (Å²) in [5.74, 6) is -0.211. The van der Waals surface area contributed by atoms with Gasteiger partial charge in [0.25, 0.3) is 0 Å². The first-order valence-electron chi connectivity index (χ1n) is 5.50. The Bertz CT molecular complexity index is 254. The van der Waals surface area contributed by atoms with E-state index in [4.69, 9.17) is 5.73 Å². The van der Waals surface area contributed by atoms with Gasteiger partial charge < -0.3 is 16.4 Å². The summed E-state index contributed by atoms with van der Waals surface area (Å²) in [5.41, 5.74) is 5.05. The Labute approximate surface area is 99.9 Å². The Balaban J connectivity index is 2.16. The predicted octanol–water partition coefficient (Wildman–Crippen LogP) is -0.538. The minimum absolute atomic E-state index is 0.116. The van der Waals surface area contributed by atoms with E-state index in [1.165, 1.54) is 0 Å². The van der Waals surface area contributed by atoms with Gasteiger partial charge in [-0.2, -0.15) is 0 Å². The van der Waals surface area contributed by atoms with Gasteiger partial charge in [0.2, 0.25) is 11.8 Å². The Morgan fingerprint density at radius 1 is 1.50 bits per heavy atom. The highest BCUT2D eigenvalue weighted by atomic mass is 32.2. The monoisotopic (exact) mass is 245 g/mol. The van der Waals surface area contributed by atoms with E-state index in [0.29, 0.717) is 11.0 Å². The molecule has 4 N–H and O–H groups in total. The molecule has 2 amide bonds. The minimum atomic E-state index is -0.582. The summed E-state index contributed by atoms with van der Waals surface area (Å²) in [6.45, 7) is 3.64. The van der Waals surface area contributed by atoms with Gasteiger partial charge in [0, 0.05) is 5.25 Å². The number of primary amides is 1. The standard InChI is InChI=1S/C10H19N3O2S/c1-7(10(11)15)13-9(14)6-16-8-2-4-12-5-3-8/h7-8,12H,2-6H2,1H3,(H2,11,15)(H,13,14). The summed E-state index contributed by atoms with van der Waals surface area (Å²) in [7, 11) is 0. The van der Waals surface area contributed by atoms with Gasteiger partial charge in [0.1, 0.15) is 6.04 Å². The van der Waals surface area contributed by atoms with E-state index in [0.717, 1.165) is 25.9 Å². The van der Waals surface area contributed by atoms with E-state index in [1.54, 1.807) is 18.7 Å². The van der Waals surface area contributed by atoms with Gasteiger partial charge in [-0.25, -0.2) is 0 Å². The average Bonchev–Trinajstić information content (AvgIpc) is 2.27. The van der Waals surface area contributed by atoms with Gasteiger partial charge in [-0.05, 0) is 32.9 Å². The highest BCUT2D eigenvalue weighted by molar-refractivity contribution is 8.00. The second-order valence-electron chi connectivity index (χ2n) is 3.95. The first-order valence-corrected chi connectivity index (χ1v) is 6.55. The van der Waals surface area contributed by atoms with Crippen LogP contribution in [0.15, 0.2) is 0 Å². The molecule has 0 spiro atoms. The molecular weight excluding hydrogens is 226 g/mol. The van der Waals surface area contributed by atoms with E-state index in [1.807, 2.05) is 0 Å². The van der Waals surface area contributed by atoms with Crippen molar-refractivity contribution in [3.05, 3.63) is 0 Å². The van der Waals surface area contributed by atoms with Crippen LogP contribution in [0.3, 0.4) is 0 Å². The van der Waals surface area contributed by atoms with Crippen molar-refractivity contribution in [2.45, 2.75) is 31.1 Å². The van der Waals surface area contributed by atoms with Gasteiger partial charge in [-0.1, -0.05) is 0 Å². The fourth-order valence-corrected chi connectivity index (χ4v) is 2.55. The lowest BCUT2D eigenvalue weighted by molar-refractivity contribution is -0.125. The zero-order valence-corrected chi connectivity index (χ0v) is 10.3. The van der Waals surface area contributed by atoms with Crippen molar-refractivity contribution in [2.75, 3.05) is 18.8 Å². The zero-order valence-electron chi connectivity index (χ0n) is 9.49. The molecule has 92 valence electrons. The molecule has 0 bridgehead atoms. The van der Waals surface area contributed by atoms with Crippen molar-refractivity contribution in [3.63, 3.8) is 0 Å². The molecule has 0 aromatic heterocycles. The van der Waals surface area contributed by atoms with Crippen molar-refractivity contribution < 1.29 is 9.59 Å². The second-order valence-corrected chi connectivity index (χ2v) is 5.24. The van der Waals surface area contributed by atoms with Crippen LogP contribution in [0.4, 0.5) is 0 Å². The Morgan fingerprint density at radius 3 is 2.69 bits per heavy atom. The molecule has 5 nitrogen and oxygen atoms in total. The van der Waals surface area contributed by atoms with E-state index in [9.17, 15) is 9.59 Å². The fourth-order valence-electron chi connectivity index (χ4n) is 1.51. The molecule has 0 aliphatic carbocycles. The number of thioether (sulfide) groups is 1. The molecule has 6 heteroatoms. The normalized spacial score (nSPS) is 19.1. The van der Waals surface area contributed by atoms with Crippen molar-refractivity contribution in [1.82, 2.24) is 10.6 Å². The SMILES string of the molecule is CC(NC(=O)CSC1CCNCC1)C(N)=O. The smallest absolute Gasteiger partial charge is 0.239 e. The number of nitrogens with one attached hydrogen (secondary N) is 2. The molecule has 16 heavy (non-hydrogen) atoms. The van der Waals surface area contributed by atoms with Gasteiger partial charge in [-0.15, -0.1) is 11.8 Å². The van der Waals surface area contributed by atoms with Crippen molar-refractivity contribution >= 4 is 23.6 Å². The van der Waals surface area contributed by atoms with Crippen LogP contribution < -0.4 is 16.4 Å². The van der Waals surface area contributed by atoms with Crippen LogP contribution in [0.2, 0.25) is 0 Å². The number of rotatable bonds is 5. The zero-order chi connectivity index (χ0) is 12.0. The maximum atomic E-state index is 11.4. The molecule has 1 rings (SSSR count). The van der Waals surface area contributed by atoms with Crippen LogP contribution in [-0.4, -0.2) is 41.9 Å². The third kappa shape index (κ3) is 4.85. The predicted molar refractivity (Wildman–Crippen MR) is 65.1 cm³/mol. The number of amides is 2. The summed E-state index contributed by atoms with van der Waals surface area (Å²) in [6, 6.07) is -0.582. The number of carbonyl (C=O) groups excluding carboxylic acids is 2.